The number of rotatable bonds is 6. The highest BCUT2D eigenvalue weighted by atomic mass is 16.4. The molecule has 0 amide bonds. The zero-order valence-electron chi connectivity index (χ0n) is 11.9. The molecule has 0 radical (unpaired) electrons. The summed E-state index contributed by atoms with van der Waals surface area (Å²) in [6.45, 7) is 4.21. The van der Waals surface area contributed by atoms with E-state index in [-0.39, 0.29) is 0 Å². The molecule has 0 bridgehead atoms. The second-order valence-corrected chi connectivity index (χ2v) is 5.03. The van der Waals surface area contributed by atoms with Gasteiger partial charge in [0.25, 0.3) is 0 Å². The van der Waals surface area contributed by atoms with Crippen LogP contribution in [-0.2, 0) is 4.79 Å². The molecule has 2 aromatic rings. The van der Waals surface area contributed by atoms with Gasteiger partial charge in [-0.3, -0.25) is 4.79 Å². The maximum atomic E-state index is 11.5. The average molecular weight is 272 g/mol. The molecule has 20 heavy (non-hydrogen) atoms. The van der Waals surface area contributed by atoms with Gasteiger partial charge in [-0.15, -0.1) is 0 Å². The van der Waals surface area contributed by atoms with E-state index in [1.54, 1.807) is 6.20 Å². The van der Waals surface area contributed by atoms with Gasteiger partial charge in [-0.05, 0) is 24.3 Å². The van der Waals surface area contributed by atoms with Crippen LogP contribution < -0.4 is 5.32 Å². The van der Waals surface area contributed by atoms with E-state index in [9.17, 15) is 9.90 Å². The van der Waals surface area contributed by atoms with Gasteiger partial charge in [-0.25, -0.2) is 4.98 Å². The summed E-state index contributed by atoms with van der Waals surface area (Å²) in [4.78, 5) is 15.8. The fraction of sp³-hybridized carbons (Fsp3) is 0.375. The molecule has 1 aromatic carbocycles. The van der Waals surface area contributed by atoms with Crippen LogP contribution in [0.1, 0.15) is 26.7 Å². The van der Waals surface area contributed by atoms with Crippen molar-refractivity contribution in [1.29, 1.82) is 0 Å². The molecule has 0 aliphatic heterocycles. The Bertz CT molecular complexity index is 601. The molecule has 4 nitrogen and oxygen atoms in total. The molecule has 0 unspecified atom stereocenters. The minimum absolute atomic E-state index is 0.385. The van der Waals surface area contributed by atoms with Crippen LogP contribution in [0.4, 0.5) is 5.82 Å². The van der Waals surface area contributed by atoms with Gasteiger partial charge in [0, 0.05) is 18.1 Å². The molecule has 1 heterocycles. The maximum Gasteiger partial charge on any atom is 0.311 e. The number of fused-ring (bicyclic) bond motifs is 1. The molecule has 4 heteroatoms. The number of benzene rings is 1. The van der Waals surface area contributed by atoms with Crippen molar-refractivity contribution in [3.05, 3.63) is 36.5 Å². The van der Waals surface area contributed by atoms with Gasteiger partial charge < -0.3 is 10.4 Å². The molecule has 106 valence electrons. The molecule has 2 rings (SSSR count). The number of nitrogens with zero attached hydrogens (tertiary/aromatic N) is 1. The van der Waals surface area contributed by atoms with E-state index in [0.717, 1.165) is 16.6 Å². The third-order valence-electron chi connectivity index (χ3n) is 4.08. The normalized spacial score (nSPS) is 11.5. The first-order chi connectivity index (χ1) is 9.63. The number of pyridine rings is 1. The van der Waals surface area contributed by atoms with Gasteiger partial charge in [-0.2, -0.15) is 0 Å². The van der Waals surface area contributed by atoms with Gasteiger partial charge in [0.1, 0.15) is 5.82 Å². The molecular formula is C16H20N2O2. The Kier molecular flexibility index (Phi) is 4.23. The average Bonchev–Trinajstić information content (AvgIpc) is 2.48. The molecule has 0 spiro atoms. The summed E-state index contributed by atoms with van der Waals surface area (Å²) in [6.07, 6.45) is 2.93. The zero-order chi connectivity index (χ0) is 14.6. The first-order valence-corrected chi connectivity index (χ1v) is 6.94. The van der Waals surface area contributed by atoms with Crippen molar-refractivity contribution in [3.63, 3.8) is 0 Å². The van der Waals surface area contributed by atoms with Crippen LogP contribution in [-0.4, -0.2) is 22.6 Å². The van der Waals surface area contributed by atoms with Gasteiger partial charge in [0.15, 0.2) is 0 Å². The van der Waals surface area contributed by atoms with Crippen LogP contribution >= 0.6 is 0 Å². The Morgan fingerprint density at radius 3 is 2.60 bits per heavy atom. The summed E-state index contributed by atoms with van der Waals surface area (Å²) >= 11 is 0. The van der Waals surface area contributed by atoms with Crippen molar-refractivity contribution in [2.75, 3.05) is 11.9 Å². The lowest BCUT2D eigenvalue weighted by Crippen LogP contribution is -2.37. The number of carboxylic acids is 1. The summed E-state index contributed by atoms with van der Waals surface area (Å²) in [5.74, 6) is -0.00846. The van der Waals surface area contributed by atoms with E-state index in [4.69, 9.17) is 0 Å². The van der Waals surface area contributed by atoms with Crippen LogP contribution in [0.25, 0.3) is 10.8 Å². The summed E-state index contributed by atoms with van der Waals surface area (Å²) in [6, 6.07) is 9.90. The van der Waals surface area contributed by atoms with Crippen molar-refractivity contribution < 1.29 is 9.90 Å². The molecular weight excluding hydrogens is 252 g/mol. The highest BCUT2D eigenvalue weighted by Crippen LogP contribution is 2.28. The molecule has 0 aliphatic rings. The maximum absolute atomic E-state index is 11.5. The Morgan fingerprint density at radius 2 is 1.95 bits per heavy atom. The van der Waals surface area contributed by atoms with Crippen LogP contribution in [0.2, 0.25) is 0 Å². The number of carboxylic acid groups (broad SMARTS) is 1. The lowest BCUT2D eigenvalue weighted by molar-refractivity contribution is -0.148. The third kappa shape index (κ3) is 2.59. The van der Waals surface area contributed by atoms with Gasteiger partial charge >= 0.3 is 5.97 Å². The highest BCUT2D eigenvalue weighted by molar-refractivity contribution is 5.91. The van der Waals surface area contributed by atoms with Gasteiger partial charge in [0.2, 0.25) is 0 Å². The topological polar surface area (TPSA) is 62.2 Å². The molecule has 2 N–H and O–H groups in total. The van der Waals surface area contributed by atoms with Crippen molar-refractivity contribution in [3.8, 4) is 0 Å². The Hall–Kier alpha value is -2.10. The van der Waals surface area contributed by atoms with Crippen molar-refractivity contribution in [2.24, 2.45) is 5.41 Å². The number of hydrogen-bond donors (Lipinski definition) is 2. The summed E-state index contributed by atoms with van der Waals surface area (Å²) in [5.41, 5.74) is -0.737. The second kappa shape index (κ2) is 5.90. The largest absolute Gasteiger partial charge is 0.481 e. The smallest absolute Gasteiger partial charge is 0.311 e. The second-order valence-electron chi connectivity index (χ2n) is 5.03. The molecule has 0 saturated heterocycles. The first kappa shape index (κ1) is 14.3. The fourth-order valence-electron chi connectivity index (χ4n) is 2.39. The number of carbonyl (C=O) groups is 1. The number of nitrogens with one attached hydrogen (secondary N) is 1. The Labute approximate surface area is 118 Å². The van der Waals surface area contributed by atoms with Crippen LogP contribution in [0.3, 0.4) is 0 Å². The number of anilines is 1. The number of hydrogen-bond acceptors (Lipinski definition) is 3. The molecule has 0 fully saturated rings. The quantitative estimate of drug-likeness (QED) is 0.844. The molecule has 0 atom stereocenters. The summed E-state index contributed by atoms with van der Waals surface area (Å²) in [5, 5.41) is 14.8. The SMILES string of the molecule is CCC(CC)(CNc1nccc2ccccc12)C(=O)O. The number of aromatic nitrogens is 1. The summed E-state index contributed by atoms with van der Waals surface area (Å²) in [7, 11) is 0. The predicted octanol–water partition coefficient (Wildman–Crippen LogP) is 3.54. The van der Waals surface area contributed by atoms with E-state index >= 15 is 0 Å². The Balaban J connectivity index is 2.27. The van der Waals surface area contributed by atoms with E-state index in [1.807, 2.05) is 44.2 Å². The van der Waals surface area contributed by atoms with Gasteiger partial charge in [-0.1, -0.05) is 38.1 Å². The van der Waals surface area contributed by atoms with Crippen LogP contribution in [0.5, 0.6) is 0 Å². The highest BCUT2D eigenvalue weighted by Gasteiger charge is 2.34. The lowest BCUT2D eigenvalue weighted by Gasteiger charge is -2.27. The minimum Gasteiger partial charge on any atom is -0.481 e. The number of aliphatic carboxylic acids is 1. The molecule has 1 aromatic heterocycles. The van der Waals surface area contributed by atoms with Crippen molar-refractivity contribution >= 4 is 22.6 Å². The monoisotopic (exact) mass is 272 g/mol. The third-order valence-corrected chi connectivity index (χ3v) is 4.08. The van der Waals surface area contributed by atoms with E-state index in [2.05, 4.69) is 10.3 Å². The molecule has 0 aliphatic carbocycles. The van der Waals surface area contributed by atoms with E-state index < -0.39 is 11.4 Å². The van der Waals surface area contributed by atoms with Crippen LogP contribution in [0.15, 0.2) is 36.5 Å². The van der Waals surface area contributed by atoms with Crippen molar-refractivity contribution in [2.45, 2.75) is 26.7 Å². The fourth-order valence-corrected chi connectivity index (χ4v) is 2.39. The van der Waals surface area contributed by atoms with E-state index in [0.29, 0.717) is 19.4 Å². The zero-order valence-corrected chi connectivity index (χ0v) is 11.9. The van der Waals surface area contributed by atoms with Crippen molar-refractivity contribution in [1.82, 2.24) is 4.98 Å². The standard InChI is InChI=1S/C16H20N2O2/c1-3-16(4-2,15(19)20)11-18-14-13-8-6-5-7-12(13)9-10-17-14/h5-10H,3-4,11H2,1-2H3,(H,17,18)(H,19,20). The Morgan fingerprint density at radius 1 is 1.25 bits per heavy atom. The lowest BCUT2D eigenvalue weighted by atomic mass is 9.82. The first-order valence-electron chi connectivity index (χ1n) is 6.94. The molecule has 0 saturated carbocycles. The van der Waals surface area contributed by atoms with Crippen LogP contribution in [0, 0.1) is 5.41 Å². The van der Waals surface area contributed by atoms with Gasteiger partial charge in [0.05, 0.1) is 5.41 Å². The predicted molar refractivity (Wildman–Crippen MR) is 80.9 cm³/mol. The minimum atomic E-state index is -0.754. The summed E-state index contributed by atoms with van der Waals surface area (Å²) < 4.78 is 0. The van der Waals surface area contributed by atoms with E-state index in [1.165, 1.54) is 0 Å².